The van der Waals surface area contributed by atoms with Crippen molar-refractivity contribution in [2.24, 2.45) is 16.6 Å². The molecule has 2 fully saturated rings. The van der Waals surface area contributed by atoms with Crippen LogP contribution in [0.1, 0.15) is 62.6 Å². The minimum atomic E-state index is -1.67. The zero-order valence-electron chi connectivity index (χ0n) is 23.5. The van der Waals surface area contributed by atoms with E-state index in [1.807, 2.05) is 32.0 Å². The van der Waals surface area contributed by atoms with Crippen molar-refractivity contribution in [1.29, 1.82) is 0 Å². The van der Waals surface area contributed by atoms with Crippen molar-refractivity contribution in [3.63, 3.8) is 0 Å². The SMILES string of the molecule is C/C=C/C1(F)CN(C(=O)CN=C(C)/C(C)=C(\N)C(=O)N2CCC(CO)CC2)CCC1c1cccc(C)c1C. The van der Waals surface area contributed by atoms with Gasteiger partial charge in [0.25, 0.3) is 5.91 Å². The molecule has 208 valence electrons. The van der Waals surface area contributed by atoms with Gasteiger partial charge in [-0.25, -0.2) is 4.39 Å². The zero-order chi connectivity index (χ0) is 28.0. The maximum atomic E-state index is 16.4. The molecule has 1 aromatic rings. The third-order valence-electron chi connectivity index (χ3n) is 8.31. The Labute approximate surface area is 226 Å². The van der Waals surface area contributed by atoms with E-state index in [0.717, 1.165) is 29.5 Å². The normalized spacial score (nSPS) is 24.1. The van der Waals surface area contributed by atoms with Crippen LogP contribution in [-0.4, -0.2) is 77.4 Å². The molecule has 0 saturated carbocycles. The van der Waals surface area contributed by atoms with Crippen LogP contribution in [0.2, 0.25) is 0 Å². The molecule has 2 heterocycles. The molecule has 2 atom stereocenters. The van der Waals surface area contributed by atoms with Crippen molar-refractivity contribution in [3.8, 4) is 0 Å². The topological polar surface area (TPSA) is 99.2 Å². The van der Waals surface area contributed by atoms with Crippen LogP contribution >= 0.6 is 0 Å². The molecule has 0 aromatic heterocycles. The number of nitrogens with two attached hydrogens (primary N) is 1. The summed E-state index contributed by atoms with van der Waals surface area (Å²) in [6.07, 6.45) is 5.32. The molecule has 0 aliphatic carbocycles. The lowest BCUT2D eigenvalue weighted by molar-refractivity contribution is -0.133. The maximum absolute atomic E-state index is 16.4. The number of allylic oxidation sites excluding steroid dienone is 2. The van der Waals surface area contributed by atoms with Gasteiger partial charge >= 0.3 is 0 Å². The number of likely N-dealkylation sites (tertiary alicyclic amines) is 2. The second kappa shape index (κ2) is 12.7. The van der Waals surface area contributed by atoms with Crippen LogP contribution in [0.3, 0.4) is 0 Å². The molecule has 2 amide bonds. The summed E-state index contributed by atoms with van der Waals surface area (Å²) < 4.78 is 16.4. The summed E-state index contributed by atoms with van der Waals surface area (Å²) in [5.74, 6) is -0.603. The highest BCUT2D eigenvalue weighted by atomic mass is 19.1. The summed E-state index contributed by atoms with van der Waals surface area (Å²) in [5, 5.41) is 9.32. The zero-order valence-corrected chi connectivity index (χ0v) is 23.5. The van der Waals surface area contributed by atoms with Gasteiger partial charge in [0.05, 0.1) is 6.54 Å². The lowest BCUT2D eigenvalue weighted by Crippen LogP contribution is -2.51. The van der Waals surface area contributed by atoms with Gasteiger partial charge in [-0.3, -0.25) is 14.6 Å². The number of carbonyl (C=O) groups excluding carboxylic acids is 2. The molecule has 3 rings (SSSR count). The third-order valence-corrected chi connectivity index (χ3v) is 8.31. The summed E-state index contributed by atoms with van der Waals surface area (Å²) >= 11 is 0. The Hall–Kier alpha value is -3.00. The molecule has 3 N–H and O–H groups in total. The number of amides is 2. The fraction of sp³-hybridized carbons (Fsp3) is 0.567. The van der Waals surface area contributed by atoms with E-state index in [1.165, 1.54) is 0 Å². The monoisotopic (exact) mass is 526 g/mol. The molecule has 2 aliphatic heterocycles. The first-order chi connectivity index (χ1) is 18.0. The van der Waals surface area contributed by atoms with Crippen molar-refractivity contribution in [1.82, 2.24) is 9.80 Å². The van der Waals surface area contributed by atoms with Crippen LogP contribution < -0.4 is 5.73 Å². The van der Waals surface area contributed by atoms with Gasteiger partial charge in [0.2, 0.25) is 5.91 Å². The van der Waals surface area contributed by atoms with E-state index in [0.29, 0.717) is 37.3 Å². The van der Waals surface area contributed by atoms with Crippen LogP contribution in [0.15, 0.2) is 46.6 Å². The average Bonchev–Trinajstić information content (AvgIpc) is 2.92. The van der Waals surface area contributed by atoms with Crippen molar-refractivity contribution < 1.29 is 19.1 Å². The first kappa shape index (κ1) is 29.6. The quantitative estimate of drug-likeness (QED) is 0.320. The number of aliphatic imine (C=N–C) groups is 1. The predicted octanol–water partition coefficient (Wildman–Crippen LogP) is 3.83. The number of aliphatic hydroxyl groups excluding tert-OH is 1. The number of hydrogen-bond acceptors (Lipinski definition) is 5. The Kier molecular flexibility index (Phi) is 9.88. The van der Waals surface area contributed by atoms with Crippen LogP contribution in [0.5, 0.6) is 0 Å². The Balaban J connectivity index is 1.68. The second-order valence-corrected chi connectivity index (χ2v) is 10.7. The predicted molar refractivity (Wildman–Crippen MR) is 150 cm³/mol. The Morgan fingerprint density at radius 2 is 1.82 bits per heavy atom. The summed E-state index contributed by atoms with van der Waals surface area (Å²) in [6, 6.07) is 5.99. The van der Waals surface area contributed by atoms with Gasteiger partial charge in [0.1, 0.15) is 12.2 Å². The minimum absolute atomic E-state index is 0.0258. The van der Waals surface area contributed by atoms with Crippen molar-refractivity contribution in [3.05, 3.63) is 58.3 Å². The molecule has 38 heavy (non-hydrogen) atoms. The van der Waals surface area contributed by atoms with Gasteiger partial charge in [-0.15, -0.1) is 0 Å². The van der Waals surface area contributed by atoms with Crippen molar-refractivity contribution in [2.75, 3.05) is 39.3 Å². The summed E-state index contributed by atoms with van der Waals surface area (Å²) in [6.45, 7) is 10.9. The summed E-state index contributed by atoms with van der Waals surface area (Å²) in [5.41, 5.74) is 8.89. The molecular formula is C30H43FN4O3. The molecule has 0 bridgehead atoms. The summed E-state index contributed by atoms with van der Waals surface area (Å²) in [7, 11) is 0. The van der Waals surface area contributed by atoms with Gasteiger partial charge in [0, 0.05) is 37.9 Å². The van der Waals surface area contributed by atoms with Gasteiger partial charge in [-0.05, 0) is 88.1 Å². The van der Waals surface area contributed by atoms with Crippen molar-refractivity contribution >= 4 is 17.5 Å². The Bertz CT molecular complexity index is 1120. The van der Waals surface area contributed by atoms with Crippen LogP contribution in [0.25, 0.3) is 0 Å². The molecule has 2 unspecified atom stereocenters. The van der Waals surface area contributed by atoms with E-state index in [1.54, 1.807) is 42.7 Å². The first-order valence-electron chi connectivity index (χ1n) is 13.6. The Morgan fingerprint density at radius 3 is 2.45 bits per heavy atom. The number of hydrogen-bond donors (Lipinski definition) is 2. The molecule has 2 aliphatic rings. The molecule has 2 saturated heterocycles. The number of benzene rings is 1. The number of aliphatic hydroxyl groups is 1. The molecular weight excluding hydrogens is 483 g/mol. The molecule has 1 aromatic carbocycles. The largest absolute Gasteiger partial charge is 0.396 e. The van der Waals surface area contributed by atoms with Gasteiger partial charge in [0.15, 0.2) is 5.67 Å². The van der Waals surface area contributed by atoms with E-state index >= 15 is 4.39 Å². The highest BCUT2D eigenvalue weighted by Crippen LogP contribution is 2.42. The summed E-state index contributed by atoms with van der Waals surface area (Å²) in [4.78, 5) is 33.6. The number of halogens is 1. The molecule has 0 spiro atoms. The number of carbonyl (C=O) groups is 2. The van der Waals surface area contributed by atoms with Gasteiger partial charge in [-0.2, -0.15) is 0 Å². The van der Waals surface area contributed by atoms with E-state index in [9.17, 15) is 14.7 Å². The number of aryl methyl sites for hydroxylation is 1. The number of alkyl halides is 1. The average molecular weight is 527 g/mol. The van der Waals surface area contributed by atoms with Crippen LogP contribution in [-0.2, 0) is 9.59 Å². The van der Waals surface area contributed by atoms with E-state index in [4.69, 9.17) is 5.73 Å². The van der Waals surface area contributed by atoms with Gasteiger partial charge in [-0.1, -0.05) is 24.3 Å². The molecule has 0 radical (unpaired) electrons. The van der Waals surface area contributed by atoms with Crippen LogP contribution in [0.4, 0.5) is 4.39 Å². The van der Waals surface area contributed by atoms with Crippen molar-refractivity contribution in [2.45, 2.75) is 65.5 Å². The lowest BCUT2D eigenvalue weighted by Gasteiger charge is -2.42. The second-order valence-electron chi connectivity index (χ2n) is 10.7. The fourth-order valence-electron chi connectivity index (χ4n) is 5.48. The lowest BCUT2D eigenvalue weighted by atomic mass is 9.76. The standard InChI is InChI=1S/C30H43FN4O3/c1-6-13-30(31)19-35(16-12-26(30)25-9-7-8-20(2)21(25)3)27(37)17-33-23(5)22(4)28(32)29(38)34-14-10-24(18-36)11-15-34/h6-9,13,24,26,36H,10-12,14-19,32H2,1-5H3/b13-6+,28-22-,33-23?. The fourth-order valence-corrected chi connectivity index (χ4v) is 5.48. The van der Waals surface area contributed by atoms with E-state index in [2.05, 4.69) is 4.99 Å². The number of rotatable bonds is 7. The minimum Gasteiger partial charge on any atom is -0.396 e. The highest BCUT2D eigenvalue weighted by molar-refractivity contribution is 6.06. The highest BCUT2D eigenvalue weighted by Gasteiger charge is 2.44. The van der Waals surface area contributed by atoms with Crippen LogP contribution in [0, 0.1) is 19.8 Å². The van der Waals surface area contributed by atoms with Gasteiger partial charge < -0.3 is 20.6 Å². The first-order valence-corrected chi connectivity index (χ1v) is 13.6. The smallest absolute Gasteiger partial charge is 0.270 e. The number of piperidine rings is 2. The Morgan fingerprint density at radius 1 is 1.16 bits per heavy atom. The third kappa shape index (κ3) is 6.52. The van der Waals surface area contributed by atoms with E-state index in [-0.39, 0.29) is 49.0 Å². The maximum Gasteiger partial charge on any atom is 0.270 e. The molecule has 7 nitrogen and oxygen atoms in total. The number of nitrogens with zero attached hydrogens (tertiary/aromatic N) is 3. The van der Waals surface area contributed by atoms with E-state index < -0.39 is 5.67 Å². The molecule has 8 heteroatoms.